The number of nitrogens with zero attached hydrogens (tertiary/aromatic N) is 1. The van der Waals surface area contributed by atoms with Gasteiger partial charge in [-0.05, 0) is 44.4 Å². The summed E-state index contributed by atoms with van der Waals surface area (Å²) in [6, 6.07) is 14.6. The maximum Gasteiger partial charge on any atom is 0.0807 e. The second-order valence-electron chi connectivity index (χ2n) is 5.93. The van der Waals surface area contributed by atoms with E-state index in [1.54, 1.807) is 0 Å². The fraction of sp³-hybridized carbons (Fsp3) is 0.368. The van der Waals surface area contributed by atoms with Crippen LogP contribution in [0.5, 0.6) is 0 Å². The Morgan fingerprint density at radius 2 is 1.62 bits per heavy atom. The SMILES string of the molecule is Cc1cc(C)cc(C(O)CCN(C)c2ccccc2C)c1. The van der Waals surface area contributed by atoms with E-state index in [2.05, 4.69) is 75.2 Å². The zero-order valence-electron chi connectivity index (χ0n) is 13.4. The Bertz CT molecular complexity index is 586. The molecule has 0 radical (unpaired) electrons. The predicted molar refractivity (Wildman–Crippen MR) is 89.9 cm³/mol. The summed E-state index contributed by atoms with van der Waals surface area (Å²) in [5, 5.41) is 10.4. The van der Waals surface area contributed by atoms with Gasteiger partial charge >= 0.3 is 0 Å². The van der Waals surface area contributed by atoms with E-state index in [1.807, 2.05) is 0 Å². The second kappa shape index (κ2) is 6.77. The van der Waals surface area contributed by atoms with Crippen LogP contribution in [0.25, 0.3) is 0 Å². The maximum atomic E-state index is 10.4. The predicted octanol–water partition coefficient (Wildman–Crippen LogP) is 4.17. The van der Waals surface area contributed by atoms with Crippen LogP contribution in [0.1, 0.15) is 34.8 Å². The van der Waals surface area contributed by atoms with Crippen LogP contribution in [0, 0.1) is 20.8 Å². The second-order valence-corrected chi connectivity index (χ2v) is 5.93. The molecule has 0 spiro atoms. The average molecular weight is 283 g/mol. The molecule has 0 fully saturated rings. The van der Waals surface area contributed by atoms with Crippen molar-refractivity contribution in [3.05, 3.63) is 64.7 Å². The lowest BCUT2D eigenvalue weighted by Crippen LogP contribution is -2.21. The van der Waals surface area contributed by atoms with Crippen molar-refractivity contribution in [1.82, 2.24) is 0 Å². The van der Waals surface area contributed by atoms with E-state index in [-0.39, 0.29) is 0 Å². The molecule has 0 amide bonds. The van der Waals surface area contributed by atoms with Gasteiger partial charge in [0.2, 0.25) is 0 Å². The van der Waals surface area contributed by atoms with Gasteiger partial charge in [0, 0.05) is 19.3 Å². The molecular weight excluding hydrogens is 258 g/mol. The molecule has 0 aliphatic heterocycles. The molecule has 2 aromatic carbocycles. The topological polar surface area (TPSA) is 23.5 Å². The smallest absolute Gasteiger partial charge is 0.0807 e. The largest absolute Gasteiger partial charge is 0.388 e. The summed E-state index contributed by atoms with van der Waals surface area (Å²) in [6.45, 7) is 7.09. The molecule has 0 saturated carbocycles. The molecule has 0 aliphatic carbocycles. The maximum absolute atomic E-state index is 10.4. The van der Waals surface area contributed by atoms with E-state index in [1.165, 1.54) is 22.4 Å². The number of benzene rings is 2. The van der Waals surface area contributed by atoms with Crippen LogP contribution < -0.4 is 4.90 Å². The van der Waals surface area contributed by atoms with E-state index in [0.717, 1.165) is 18.5 Å². The number of rotatable bonds is 5. The van der Waals surface area contributed by atoms with E-state index >= 15 is 0 Å². The normalized spacial score (nSPS) is 12.2. The molecule has 21 heavy (non-hydrogen) atoms. The van der Waals surface area contributed by atoms with Crippen LogP contribution in [0.3, 0.4) is 0 Å². The molecule has 1 N–H and O–H groups in total. The first kappa shape index (κ1) is 15.6. The molecule has 0 aromatic heterocycles. The Labute approximate surface area is 128 Å². The summed E-state index contributed by atoms with van der Waals surface area (Å²) in [5.74, 6) is 0. The highest BCUT2D eigenvalue weighted by atomic mass is 16.3. The van der Waals surface area contributed by atoms with Crippen LogP contribution >= 0.6 is 0 Å². The highest BCUT2D eigenvalue weighted by molar-refractivity contribution is 5.52. The molecule has 2 heteroatoms. The molecule has 112 valence electrons. The van der Waals surface area contributed by atoms with Crippen LogP contribution in [0.4, 0.5) is 5.69 Å². The fourth-order valence-corrected chi connectivity index (χ4v) is 2.80. The summed E-state index contributed by atoms with van der Waals surface area (Å²) in [6.07, 6.45) is 0.323. The summed E-state index contributed by atoms with van der Waals surface area (Å²) >= 11 is 0. The monoisotopic (exact) mass is 283 g/mol. The van der Waals surface area contributed by atoms with Gasteiger partial charge < -0.3 is 10.0 Å². The van der Waals surface area contributed by atoms with Gasteiger partial charge in [-0.1, -0.05) is 47.5 Å². The Morgan fingerprint density at radius 3 is 2.24 bits per heavy atom. The molecule has 0 bridgehead atoms. The van der Waals surface area contributed by atoms with Gasteiger partial charge in [-0.3, -0.25) is 0 Å². The molecule has 2 nitrogen and oxygen atoms in total. The van der Waals surface area contributed by atoms with Gasteiger partial charge in [0.25, 0.3) is 0 Å². The van der Waals surface area contributed by atoms with Gasteiger partial charge in [0.15, 0.2) is 0 Å². The van der Waals surface area contributed by atoms with Crippen LogP contribution in [-0.2, 0) is 0 Å². The Morgan fingerprint density at radius 1 is 1.00 bits per heavy atom. The van der Waals surface area contributed by atoms with Crippen molar-refractivity contribution >= 4 is 5.69 Å². The highest BCUT2D eigenvalue weighted by Crippen LogP contribution is 2.23. The van der Waals surface area contributed by atoms with Gasteiger partial charge in [-0.2, -0.15) is 0 Å². The first-order valence-electron chi connectivity index (χ1n) is 7.50. The zero-order chi connectivity index (χ0) is 15.4. The number of para-hydroxylation sites is 1. The summed E-state index contributed by atoms with van der Waals surface area (Å²) < 4.78 is 0. The average Bonchev–Trinajstić information content (AvgIpc) is 2.43. The number of aliphatic hydroxyl groups excluding tert-OH is 1. The lowest BCUT2D eigenvalue weighted by Gasteiger charge is -2.23. The molecule has 2 aromatic rings. The standard InChI is InChI=1S/C19H25NO/c1-14-11-15(2)13-17(12-14)19(21)9-10-20(4)18-8-6-5-7-16(18)3/h5-8,11-13,19,21H,9-10H2,1-4H3. The van der Waals surface area contributed by atoms with Crippen LogP contribution in [-0.4, -0.2) is 18.7 Å². The molecule has 0 aliphatic rings. The minimum Gasteiger partial charge on any atom is -0.388 e. The summed E-state index contributed by atoms with van der Waals surface area (Å²) in [5.41, 5.74) is 5.92. The quantitative estimate of drug-likeness (QED) is 0.890. The minimum atomic E-state index is -0.407. The van der Waals surface area contributed by atoms with Crippen molar-refractivity contribution in [2.45, 2.75) is 33.3 Å². The number of anilines is 1. The molecular formula is C19H25NO. The van der Waals surface area contributed by atoms with Gasteiger partial charge in [-0.25, -0.2) is 0 Å². The van der Waals surface area contributed by atoms with Crippen molar-refractivity contribution in [3.8, 4) is 0 Å². The van der Waals surface area contributed by atoms with E-state index in [0.29, 0.717) is 0 Å². The first-order chi connectivity index (χ1) is 9.97. The summed E-state index contributed by atoms with van der Waals surface area (Å²) in [4.78, 5) is 2.21. The molecule has 2 rings (SSSR count). The Balaban J connectivity index is 2.00. The Kier molecular flexibility index (Phi) is 5.03. The summed E-state index contributed by atoms with van der Waals surface area (Å²) in [7, 11) is 2.08. The first-order valence-corrected chi connectivity index (χ1v) is 7.50. The molecule has 0 saturated heterocycles. The van der Waals surface area contributed by atoms with Crippen LogP contribution in [0.15, 0.2) is 42.5 Å². The molecule has 1 unspecified atom stereocenters. The fourth-order valence-electron chi connectivity index (χ4n) is 2.80. The number of hydrogen-bond acceptors (Lipinski definition) is 2. The third kappa shape index (κ3) is 4.08. The van der Waals surface area contributed by atoms with Crippen molar-refractivity contribution < 1.29 is 5.11 Å². The van der Waals surface area contributed by atoms with Crippen molar-refractivity contribution in [2.75, 3.05) is 18.5 Å². The van der Waals surface area contributed by atoms with E-state index in [9.17, 15) is 5.11 Å². The van der Waals surface area contributed by atoms with E-state index in [4.69, 9.17) is 0 Å². The number of aliphatic hydroxyl groups is 1. The van der Waals surface area contributed by atoms with Gasteiger partial charge in [0.05, 0.1) is 6.10 Å². The molecule has 0 heterocycles. The Hall–Kier alpha value is -1.80. The number of hydrogen-bond donors (Lipinski definition) is 1. The third-order valence-corrected chi connectivity index (χ3v) is 3.89. The number of aryl methyl sites for hydroxylation is 3. The van der Waals surface area contributed by atoms with Crippen molar-refractivity contribution in [1.29, 1.82) is 0 Å². The third-order valence-electron chi connectivity index (χ3n) is 3.89. The minimum absolute atomic E-state index is 0.407. The lowest BCUT2D eigenvalue weighted by molar-refractivity contribution is 0.169. The highest BCUT2D eigenvalue weighted by Gasteiger charge is 2.11. The van der Waals surface area contributed by atoms with E-state index < -0.39 is 6.10 Å². The van der Waals surface area contributed by atoms with Crippen molar-refractivity contribution in [3.63, 3.8) is 0 Å². The lowest BCUT2D eigenvalue weighted by atomic mass is 10.0. The van der Waals surface area contributed by atoms with Crippen LogP contribution in [0.2, 0.25) is 0 Å². The van der Waals surface area contributed by atoms with Crippen molar-refractivity contribution in [2.24, 2.45) is 0 Å². The van der Waals surface area contributed by atoms with Gasteiger partial charge in [-0.15, -0.1) is 0 Å². The van der Waals surface area contributed by atoms with Gasteiger partial charge in [0.1, 0.15) is 0 Å². The zero-order valence-corrected chi connectivity index (χ0v) is 13.4. The molecule has 1 atom stereocenters.